The van der Waals surface area contributed by atoms with Crippen LogP contribution in [0.4, 0.5) is 0 Å². The zero-order valence-corrected chi connectivity index (χ0v) is 17.0. The number of fused-ring (bicyclic) bond motifs is 1. The third-order valence-corrected chi connectivity index (χ3v) is 5.22. The van der Waals surface area contributed by atoms with Crippen LogP contribution in [0.25, 0.3) is 0 Å². The van der Waals surface area contributed by atoms with Crippen molar-refractivity contribution in [2.75, 3.05) is 6.54 Å². The van der Waals surface area contributed by atoms with Crippen molar-refractivity contribution in [1.82, 2.24) is 10.2 Å². The van der Waals surface area contributed by atoms with Gasteiger partial charge in [0.25, 0.3) is 5.91 Å². The van der Waals surface area contributed by atoms with Crippen LogP contribution >= 0.6 is 11.6 Å². The Morgan fingerprint density at radius 3 is 2.77 bits per heavy atom. The van der Waals surface area contributed by atoms with Gasteiger partial charge in [0.15, 0.2) is 0 Å². The van der Waals surface area contributed by atoms with Crippen molar-refractivity contribution in [3.05, 3.63) is 82.5 Å². The van der Waals surface area contributed by atoms with Gasteiger partial charge in [0.1, 0.15) is 0 Å². The number of nitrogens with one attached hydrogen (secondary N) is 1. The number of hydrogen-bond donors (Lipinski definition) is 1. The summed E-state index contributed by atoms with van der Waals surface area (Å²) in [7, 11) is 0. The van der Waals surface area contributed by atoms with Crippen LogP contribution in [0.1, 0.15) is 28.8 Å². The standard InChI is InChI=1S/C23H21ClN4O2/c24-19-8-4-7-17(13-19)22(30)27-23-25-14-18-15-28(12-11-20(18)26-23)21(29)10-9-16-5-2-1-3-6-16/h1-8,13-15,23H,9-12H2,(H,27,30). The zero-order chi connectivity index (χ0) is 20.9. The number of nitrogens with zero attached hydrogens (tertiary/aromatic N) is 3. The summed E-state index contributed by atoms with van der Waals surface area (Å²) in [4.78, 5) is 35.5. The molecule has 4 rings (SSSR count). The minimum absolute atomic E-state index is 0.0789. The third kappa shape index (κ3) is 4.83. The number of halogens is 1. The van der Waals surface area contributed by atoms with Crippen LogP contribution in [0.3, 0.4) is 0 Å². The van der Waals surface area contributed by atoms with Crippen LogP contribution in [0.15, 0.2) is 76.4 Å². The molecule has 0 spiro atoms. The number of carbonyl (C=O) groups excluding carboxylic acids is 2. The predicted molar refractivity (Wildman–Crippen MR) is 118 cm³/mol. The first kappa shape index (κ1) is 20.0. The van der Waals surface area contributed by atoms with Gasteiger partial charge in [-0.2, -0.15) is 0 Å². The first-order valence-electron chi connectivity index (χ1n) is 9.80. The van der Waals surface area contributed by atoms with E-state index in [0.29, 0.717) is 36.4 Å². The summed E-state index contributed by atoms with van der Waals surface area (Å²) < 4.78 is 0. The highest BCUT2D eigenvalue weighted by Crippen LogP contribution is 2.18. The van der Waals surface area contributed by atoms with Gasteiger partial charge in [0, 0.05) is 48.0 Å². The third-order valence-electron chi connectivity index (χ3n) is 4.99. The van der Waals surface area contributed by atoms with Crippen molar-refractivity contribution in [1.29, 1.82) is 0 Å². The molecule has 0 saturated carbocycles. The van der Waals surface area contributed by atoms with Crippen molar-refractivity contribution < 1.29 is 9.59 Å². The molecule has 0 aromatic heterocycles. The Balaban J connectivity index is 1.36. The summed E-state index contributed by atoms with van der Waals surface area (Å²) in [6.07, 6.45) is 4.58. The van der Waals surface area contributed by atoms with Gasteiger partial charge in [-0.1, -0.05) is 48.0 Å². The van der Waals surface area contributed by atoms with Gasteiger partial charge in [0.05, 0.1) is 5.71 Å². The Hall–Kier alpha value is -3.25. The topological polar surface area (TPSA) is 74.1 Å². The summed E-state index contributed by atoms with van der Waals surface area (Å²) in [5.41, 5.74) is 3.25. The quantitative estimate of drug-likeness (QED) is 0.802. The predicted octanol–water partition coefficient (Wildman–Crippen LogP) is 3.63. The normalized spacial score (nSPS) is 17.6. The van der Waals surface area contributed by atoms with E-state index in [1.54, 1.807) is 41.6 Å². The monoisotopic (exact) mass is 420 g/mol. The van der Waals surface area contributed by atoms with Gasteiger partial charge in [0.2, 0.25) is 12.2 Å². The molecule has 2 amide bonds. The maximum Gasteiger partial charge on any atom is 0.254 e. The molecule has 2 aromatic carbocycles. The largest absolute Gasteiger partial charge is 0.318 e. The summed E-state index contributed by atoms with van der Waals surface area (Å²) in [5, 5.41) is 3.27. The molecular formula is C23H21ClN4O2. The van der Waals surface area contributed by atoms with Crippen molar-refractivity contribution in [2.45, 2.75) is 25.6 Å². The minimum Gasteiger partial charge on any atom is -0.318 e. The van der Waals surface area contributed by atoms with E-state index in [0.717, 1.165) is 16.8 Å². The molecule has 0 saturated heterocycles. The Kier molecular flexibility index (Phi) is 6.05. The van der Waals surface area contributed by atoms with E-state index in [1.165, 1.54) is 0 Å². The summed E-state index contributed by atoms with van der Waals surface area (Å²) in [6.45, 7) is 0.568. The Labute approximate surface area is 180 Å². The molecule has 1 unspecified atom stereocenters. The highest BCUT2D eigenvalue weighted by molar-refractivity contribution is 6.31. The van der Waals surface area contributed by atoms with Gasteiger partial charge in [-0.05, 0) is 30.2 Å². The molecular weight excluding hydrogens is 400 g/mol. The Bertz CT molecular complexity index is 1050. The number of aryl methyl sites for hydroxylation is 1. The second-order valence-corrected chi connectivity index (χ2v) is 7.56. The number of benzene rings is 2. The van der Waals surface area contributed by atoms with Gasteiger partial charge in [-0.15, -0.1) is 0 Å². The number of aliphatic imine (C=N–C) groups is 2. The maximum atomic E-state index is 12.6. The molecule has 2 aliphatic heterocycles. The number of carbonyl (C=O) groups is 2. The van der Waals surface area contributed by atoms with Crippen LogP contribution in [0.2, 0.25) is 5.02 Å². The molecule has 0 bridgehead atoms. The van der Waals surface area contributed by atoms with E-state index in [4.69, 9.17) is 11.6 Å². The van der Waals surface area contributed by atoms with Gasteiger partial charge in [-0.3, -0.25) is 9.59 Å². The van der Waals surface area contributed by atoms with Crippen molar-refractivity contribution in [3.63, 3.8) is 0 Å². The average Bonchev–Trinajstić information content (AvgIpc) is 2.77. The van der Waals surface area contributed by atoms with Crippen LogP contribution in [0.5, 0.6) is 0 Å². The molecule has 7 heteroatoms. The molecule has 1 atom stereocenters. The molecule has 2 aliphatic rings. The van der Waals surface area contributed by atoms with Crippen LogP contribution < -0.4 is 5.32 Å². The zero-order valence-electron chi connectivity index (χ0n) is 16.3. The van der Waals surface area contributed by atoms with Crippen molar-refractivity contribution in [2.24, 2.45) is 9.98 Å². The number of amides is 2. The van der Waals surface area contributed by atoms with Gasteiger partial charge in [-0.25, -0.2) is 9.98 Å². The van der Waals surface area contributed by atoms with E-state index >= 15 is 0 Å². The first-order valence-corrected chi connectivity index (χ1v) is 10.2. The van der Waals surface area contributed by atoms with Crippen LogP contribution in [0, 0.1) is 0 Å². The molecule has 2 aromatic rings. The van der Waals surface area contributed by atoms with Crippen molar-refractivity contribution >= 4 is 35.3 Å². The summed E-state index contributed by atoms with van der Waals surface area (Å²) >= 11 is 5.94. The van der Waals surface area contributed by atoms with E-state index in [9.17, 15) is 9.59 Å². The average molecular weight is 421 g/mol. The van der Waals surface area contributed by atoms with E-state index in [1.807, 2.05) is 30.3 Å². The highest BCUT2D eigenvalue weighted by Gasteiger charge is 2.24. The highest BCUT2D eigenvalue weighted by atomic mass is 35.5. The molecule has 0 aliphatic carbocycles. The van der Waals surface area contributed by atoms with Crippen LogP contribution in [-0.2, 0) is 11.2 Å². The number of hydrogen-bond acceptors (Lipinski definition) is 4. The smallest absolute Gasteiger partial charge is 0.254 e. The van der Waals surface area contributed by atoms with Crippen LogP contribution in [-0.4, -0.2) is 41.5 Å². The fraction of sp³-hybridized carbons (Fsp3) is 0.217. The molecule has 1 N–H and O–H groups in total. The lowest BCUT2D eigenvalue weighted by Gasteiger charge is -2.27. The second-order valence-electron chi connectivity index (χ2n) is 7.12. The number of allylic oxidation sites excluding steroid dienone is 1. The molecule has 6 nitrogen and oxygen atoms in total. The first-order chi connectivity index (χ1) is 14.6. The van der Waals surface area contributed by atoms with Gasteiger partial charge >= 0.3 is 0 Å². The number of rotatable bonds is 5. The molecule has 0 fully saturated rings. The fourth-order valence-corrected chi connectivity index (χ4v) is 3.58. The Morgan fingerprint density at radius 1 is 1.13 bits per heavy atom. The lowest BCUT2D eigenvalue weighted by molar-refractivity contribution is -0.128. The maximum absolute atomic E-state index is 12.6. The lowest BCUT2D eigenvalue weighted by Crippen LogP contribution is -2.38. The van der Waals surface area contributed by atoms with Crippen molar-refractivity contribution in [3.8, 4) is 0 Å². The molecule has 152 valence electrons. The Morgan fingerprint density at radius 2 is 1.97 bits per heavy atom. The second kappa shape index (κ2) is 9.05. The lowest BCUT2D eigenvalue weighted by atomic mass is 10.0. The summed E-state index contributed by atoms with van der Waals surface area (Å²) in [5.74, 6) is -0.208. The van der Waals surface area contributed by atoms with E-state index < -0.39 is 6.29 Å². The molecule has 2 heterocycles. The minimum atomic E-state index is -0.677. The fourth-order valence-electron chi connectivity index (χ4n) is 3.39. The SMILES string of the molecule is O=C(NC1N=CC2=CN(C(=O)CCc3ccccc3)CCC2=N1)c1cccc(Cl)c1. The van der Waals surface area contributed by atoms with E-state index in [2.05, 4.69) is 15.3 Å². The summed E-state index contributed by atoms with van der Waals surface area (Å²) in [6, 6.07) is 16.7. The van der Waals surface area contributed by atoms with E-state index in [-0.39, 0.29) is 11.8 Å². The molecule has 30 heavy (non-hydrogen) atoms. The molecule has 0 radical (unpaired) electrons. The van der Waals surface area contributed by atoms with Gasteiger partial charge < -0.3 is 10.2 Å².